The van der Waals surface area contributed by atoms with E-state index in [1.165, 1.54) is 11.3 Å². The Morgan fingerprint density at radius 1 is 1.12 bits per heavy atom. The van der Waals surface area contributed by atoms with E-state index in [-0.39, 0.29) is 12.0 Å². The fraction of sp³-hybridized carbons (Fsp3) is 0.211. The van der Waals surface area contributed by atoms with Crippen LogP contribution in [-0.4, -0.2) is 40.0 Å². The number of hydrogen-bond donors (Lipinski definition) is 0. The number of rotatable bonds is 4. The number of aryl methyl sites for hydroxylation is 1. The summed E-state index contributed by atoms with van der Waals surface area (Å²) in [6.07, 6.45) is -0.00882. The minimum absolute atomic E-state index is 0.00882. The molecule has 2 aromatic heterocycles. The van der Waals surface area contributed by atoms with Crippen molar-refractivity contribution in [3.8, 4) is 16.5 Å². The van der Waals surface area contributed by atoms with Crippen molar-refractivity contribution in [2.75, 3.05) is 13.1 Å². The van der Waals surface area contributed by atoms with Gasteiger partial charge in [-0.25, -0.2) is 9.97 Å². The molecule has 0 bridgehead atoms. The van der Waals surface area contributed by atoms with Gasteiger partial charge in [0.05, 0.1) is 13.1 Å². The Balaban J connectivity index is 1.36. The highest BCUT2D eigenvalue weighted by molar-refractivity contribution is 7.13. The molecule has 0 atom stereocenters. The van der Waals surface area contributed by atoms with Crippen LogP contribution in [0.2, 0.25) is 0 Å². The van der Waals surface area contributed by atoms with Crippen LogP contribution in [0.25, 0.3) is 10.6 Å². The molecular formula is C19H17N3O2S. The highest BCUT2D eigenvalue weighted by Crippen LogP contribution is 2.25. The zero-order valence-corrected chi connectivity index (χ0v) is 14.6. The first-order chi connectivity index (χ1) is 12.2. The molecule has 1 aliphatic rings. The van der Waals surface area contributed by atoms with E-state index in [9.17, 15) is 4.79 Å². The average Bonchev–Trinajstić information content (AvgIpc) is 3.08. The zero-order chi connectivity index (χ0) is 17.2. The van der Waals surface area contributed by atoms with Crippen LogP contribution in [0.1, 0.15) is 16.2 Å². The van der Waals surface area contributed by atoms with Gasteiger partial charge in [-0.05, 0) is 13.0 Å². The van der Waals surface area contributed by atoms with Gasteiger partial charge in [0, 0.05) is 22.7 Å². The van der Waals surface area contributed by atoms with Gasteiger partial charge in [-0.3, -0.25) is 4.79 Å². The van der Waals surface area contributed by atoms with E-state index in [0.717, 1.165) is 16.3 Å². The normalized spacial score (nSPS) is 14.2. The van der Waals surface area contributed by atoms with E-state index in [0.29, 0.717) is 24.7 Å². The second-order valence-corrected chi connectivity index (χ2v) is 6.83. The second kappa shape index (κ2) is 6.64. The molecule has 6 heteroatoms. The van der Waals surface area contributed by atoms with Gasteiger partial charge in [-0.2, -0.15) is 0 Å². The van der Waals surface area contributed by atoms with Crippen LogP contribution < -0.4 is 4.74 Å². The maximum absolute atomic E-state index is 12.5. The number of ether oxygens (including phenoxy) is 1. The number of likely N-dealkylation sites (tertiary alicyclic amines) is 1. The largest absolute Gasteiger partial charge is 0.471 e. The lowest BCUT2D eigenvalue weighted by Crippen LogP contribution is -2.56. The fourth-order valence-corrected chi connectivity index (χ4v) is 3.48. The molecule has 1 fully saturated rings. The van der Waals surface area contributed by atoms with Crippen molar-refractivity contribution in [2.24, 2.45) is 0 Å². The summed E-state index contributed by atoms with van der Waals surface area (Å²) in [6.45, 7) is 3.05. The quantitative estimate of drug-likeness (QED) is 0.723. The van der Waals surface area contributed by atoms with Gasteiger partial charge in [0.15, 0.2) is 0 Å². The molecular weight excluding hydrogens is 334 g/mol. The van der Waals surface area contributed by atoms with Gasteiger partial charge in [-0.1, -0.05) is 36.4 Å². The van der Waals surface area contributed by atoms with Gasteiger partial charge in [0.1, 0.15) is 16.8 Å². The Morgan fingerprint density at radius 3 is 2.68 bits per heavy atom. The van der Waals surface area contributed by atoms with Crippen molar-refractivity contribution >= 4 is 17.2 Å². The molecule has 1 amide bonds. The van der Waals surface area contributed by atoms with E-state index in [4.69, 9.17) is 4.74 Å². The molecule has 5 nitrogen and oxygen atoms in total. The summed E-state index contributed by atoms with van der Waals surface area (Å²) < 4.78 is 5.80. The number of carbonyl (C=O) groups is 1. The standard InChI is InChI=1S/C19H17N3O2S/c1-13-6-5-9-17(20-13)24-15-10-22(11-15)19(23)16-12-25-18(21-16)14-7-3-2-4-8-14/h2-9,12,15H,10-11H2,1H3. The van der Waals surface area contributed by atoms with E-state index >= 15 is 0 Å². The Hall–Kier alpha value is -2.73. The number of hydrogen-bond acceptors (Lipinski definition) is 5. The molecule has 25 heavy (non-hydrogen) atoms. The van der Waals surface area contributed by atoms with Gasteiger partial charge in [0.25, 0.3) is 5.91 Å². The number of pyridine rings is 1. The Bertz CT molecular complexity index is 888. The van der Waals surface area contributed by atoms with Crippen molar-refractivity contribution in [1.29, 1.82) is 0 Å². The lowest BCUT2D eigenvalue weighted by atomic mass is 10.1. The van der Waals surface area contributed by atoms with Gasteiger partial charge >= 0.3 is 0 Å². The highest BCUT2D eigenvalue weighted by Gasteiger charge is 2.34. The predicted molar refractivity (Wildman–Crippen MR) is 96.8 cm³/mol. The third-order valence-electron chi connectivity index (χ3n) is 4.03. The van der Waals surface area contributed by atoms with E-state index < -0.39 is 0 Å². The third kappa shape index (κ3) is 3.39. The first kappa shape index (κ1) is 15.8. The summed E-state index contributed by atoms with van der Waals surface area (Å²) >= 11 is 1.49. The minimum atomic E-state index is -0.0458. The van der Waals surface area contributed by atoms with Crippen LogP contribution in [0.15, 0.2) is 53.9 Å². The summed E-state index contributed by atoms with van der Waals surface area (Å²) in [5, 5.41) is 2.68. The highest BCUT2D eigenvalue weighted by atomic mass is 32.1. The zero-order valence-electron chi connectivity index (χ0n) is 13.8. The van der Waals surface area contributed by atoms with Crippen molar-refractivity contribution in [3.63, 3.8) is 0 Å². The molecule has 0 saturated carbocycles. The molecule has 1 saturated heterocycles. The molecule has 0 radical (unpaired) electrons. The SMILES string of the molecule is Cc1cccc(OC2CN(C(=O)c3csc(-c4ccccc4)n3)C2)n1. The maximum Gasteiger partial charge on any atom is 0.273 e. The molecule has 0 N–H and O–H groups in total. The maximum atomic E-state index is 12.5. The molecule has 0 spiro atoms. The van der Waals surface area contributed by atoms with Crippen molar-refractivity contribution in [2.45, 2.75) is 13.0 Å². The molecule has 1 aliphatic heterocycles. The molecule has 0 unspecified atom stereocenters. The number of amides is 1. The third-order valence-corrected chi connectivity index (χ3v) is 4.92. The van der Waals surface area contributed by atoms with Crippen molar-refractivity contribution < 1.29 is 9.53 Å². The van der Waals surface area contributed by atoms with Crippen LogP contribution in [-0.2, 0) is 0 Å². The van der Waals surface area contributed by atoms with E-state index in [1.807, 2.05) is 60.8 Å². The molecule has 3 heterocycles. The second-order valence-electron chi connectivity index (χ2n) is 5.97. The van der Waals surface area contributed by atoms with Crippen LogP contribution in [0.5, 0.6) is 5.88 Å². The number of carbonyl (C=O) groups excluding carboxylic acids is 1. The smallest absolute Gasteiger partial charge is 0.273 e. The minimum Gasteiger partial charge on any atom is -0.471 e. The number of nitrogens with zero attached hydrogens (tertiary/aromatic N) is 3. The van der Waals surface area contributed by atoms with Crippen LogP contribution in [0.3, 0.4) is 0 Å². The fourth-order valence-electron chi connectivity index (χ4n) is 2.68. The molecule has 3 aromatic rings. The molecule has 4 rings (SSSR count). The lowest BCUT2D eigenvalue weighted by Gasteiger charge is -2.38. The first-order valence-electron chi connectivity index (χ1n) is 8.09. The monoisotopic (exact) mass is 351 g/mol. The summed E-state index contributed by atoms with van der Waals surface area (Å²) in [7, 11) is 0. The Morgan fingerprint density at radius 2 is 1.92 bits per heavy atom. The van der Waals surface area contributed by atoms with E-state index in [2.05, 4.69) is 9.97 Å². The first-order valence-corrected chi connectivity index (χ1v) is 8.97. The van der Waals surface area contributed by atoms with Crippen molar-refractivity contribution in [1.82, 2.24) is 14.9 Å². The molecule has 0 aliphatic carbocycles. The van der Waals surface area contributed by atoms with Gasteiger partial charge in [-0.15, -0.1) is 11.3 Å². The molecule has 126 valence electrons. The number of aromatic nitrogens is 2. The van der Waals surface area contributed by atoms with Crippen LogP contribution in [0, 0.1) is 6.92 Å². The Kier molecular flexibility index (Phi) is 4.19. The van der Waals surface area contributed by atoms with Gasteiger partial charge < -0.3 is 9.64 Å². The van der Waals surface area contributed by atoms with Crippen molar-refractivity contribution in [3.05, 3.63) is 65.3 Å². The summed E-state index contributed by atoms with van der Waals surface area (Å²) in [5.74, 6) is 0.563. The predicted octanol–water partition coefficient (Wildman–Crippen LogP) is 3.42. The number of thiazole rings is 1. The van der Waals surface area contributed by atoms with Crippen LogP contribution in [0.4, 0.5) is 0 Å². The average molecular weight is 351 g/mol. The Labute approximate surface area is 149 Å². The summed E-state index contributed by atoms with van der Waals surface area (Å²) in [5.41, 5.74) is 2.44. The lowest BCUT2D eigenvalue weighted by molar-refractivity contribution is 0.0156. The summed E-state index contributed by atoms with van der Waals surface area (Å²) in [4.78, 5) is 23.1. The van der Waals surface area contributed by atoms with E-state index in [1.54, 1.807) is 4.90 Å². The molecule has 1 aromatic carbocycles. The number of benzene rings is 1. The summed E-state index contributed by atoms with van der Waals surface area (Å²) in [6, 6.07) is 15.6. The van der Waals surface area contributed by atoms with Gasteiger partial charge in [0.2, 0.25) is 5.88 Å². The van der Waals surface area contributed by atoms with Crippen LogP contribution >= 0.6 is 11.3 Å². The topological polar surface area (TPSA) is 55.3 Å².